The van der Waals surface area contributed by atoms with Crippen LogP contribution in [0.3, 0.4) is 0 Å². The van der Waals surface area contributed by atoms with Gasteiger partial charge in [0.05, 0.1) is 0 Å². The second kappa shape index (κ2) is 7.77. The number of nitrogens with zero attached hydrogens (tertiary/aromatic N) is 2. The van der Waals surface area contributed by atoms with E-state index in [4.69, 9.17) is 11.5 Å². The second-order valence-corrected chi connectivity index (χ2v) is 3.20. The van der Waals surface area contributed by atoms with Crippen LogP contribution in [0.25, 0.3) is 0 Å². The van der Waals surface area contributed by atoms with Crippen LogP contribution in [-0.2, 0) is 38.5 Å². The van der Waals surface area contributed by atoms with Crippen molar-refractivity contribution in [3.8, 4) is 0 Å². The number of rotatable bonds is 2. The van der Waals surface area contributed by atoms with E-state index < -0.39 is 36.1 Å². The molecule has 0 saturated heterocycles. The Balaban J connectivity index is 0.000000324. The van der Waals surface area contributed by atoms with Gasteiger partial charge in [0, 0.05) is 0 Å². The summed E-state index contributed by atoms with van der Waals surface area (Å²) in [6.07, 6.45) is -1.09. The van der Waals surface area contributed by atoms with E-state index in [9.17, 15) is 19.8 Å². The molecule has 0 radical (unpaired) electrons. The monoisotopic (exact) mass is 322 g/mol. The number of carbonyl (C=O) groups excluding carboxylic acids is 2. The summed E-state index contributed by atoms with van der Waals surface area (Å²) in [5, 5.41) is 19.8. The zero-order chi connectivity index (χ0) is 13.7. The Morgan fingerprint density at radius 2 is 1.32 bits per heavy atom. The van der Waals surface area contributed by atoms with E-state index in [-0.39, 0.29) is 32.7 Å². The number of aliphatic imine (C=N–C) groups is 2. The van der Waals surface area contributed by atoms with Crippen molar-refractivity contribution in [1.29, 1.82) is 0 Å². The first-order chi connectivity index (χ1) is 8.40. The molecular weight excluding hydrogens is 313 g/mol. The summed E-state index contributed by atoms with van der Waals surface area (Å²) < 4.78 is 8.98. The van der Waals surface area contributed by atoms with Crippen LogP contribution in [0.1, 0.15) is 0 Å². The standard InChI is InChI=1S/2C4H6N2O3.Zn/c2*5-2-1-9-3(6-2)4(7)8;/h2*2H,1,5H2,(H,7,8);/q;;+2/p-2. The van der Waals surface area contributed by atoms with E-state index in [1.807, 2.05) is 0 Å². The molecule has 19 heavy (non-hydrogen) atoms. The van der Waals surface area contributed by atoms with Crippen LogP contribution in [0.4, 0.5) is 0 Å². The van der Waals surface area contributed by atoms with Gasteiger partial charge in [0.1, 0.15) is 37.5 Å². The van der Waals surface area contributed by atoms with Crippen molar-refractivity contribution in [3.05, 3.63) is 0 Å². The van der Waals surface area contributed by atoms with Crippen LogP contribution >= 0.6 is 0 Å². The van der Waals surface area contributed by atoms with Gasteiger partial charge in [0.2, 0.25) is 11.8 Å². The zero-order valence-electron chi connectivity index (χ0n) is 9.77. The third-order valence-corrected chi connectivity index (χ3v) is 1.70. The molecule has 0 saturated carbocycles. The maximum absolute atomic E-state index is 9.92. The third-order valence-electron chi connectivity index (χ3n) is 1.70. The molecule has 2 aliphatic heterocycles. The van der Waals surface area contributed by atoms with E-state index in [0.717, 1.165) is 0 Å². The fourth-order valence-electron chi connectivity index (χ4n) is 1.00. The van der Waals surface area contributed by atoms with Gasteiger partial charge < -0.3 is 40.7 Å². The molecule has 0 spiro atoms. The van der Waals surface area contributed by atoms with Crippen molar-refractivity contribution in [1.82, 2.24) is 0 Å². The maximum atomic E-state index is 9.92. The third kappa shape index (κ3) is 5.73. The molecular formula is C8H10N4O6Zn. The number of nitrogens with two attached hydrogens (primary N) is 2. The van der Waals surface area contributed by atoms with Crippen molar-refractivity contribution >= 4 is 23.7 Å². The average molecular weight is 324 g/mol. The van der Waals surface area contributed by atoms with Gasteiger partial charge in [-0.25, -0.2) is 9.98 Å². The Bertz CT molecular complexity index is 374. The maximum Gasteiger partial charge on any atom is 2.00 e. The Kier molecular flexibility index (Phi) is 7.13. The van der Waals surface area contributed by atoms with Gasteiger partial charge in [0.15, 0.2) is 0 Å². The molecule has 2 heterocycles. The normalized spacial score (nSPS) is 23.7. The first-order valence-electron chi connectivity index (χ1n) is 4.75. The number of aliphatic carboxylic acids is 2. The molecule has 4 N–H and O–H groups in total. The van der Waals surface area contributed by atoms with Gasteiger partial charge in [-0.2, -0.15) is 0 Å². The van der Waals surface area contributed by atoms with Gasteiger partial charge in [0.25, 0.3) is 0 Å². The van der Waals surface area contributed by atoms with Gasteiger partial charge >= 0.3 is 19.5 Å². The topological polar surface area (TPSA) is 175 Å². The van der Waals surface area contributed by atoms with Crippen LogP contribution in [0, 0.1) is 0 Å². The summed E-state index contributed by atoms with van der Waals surface area (Å²) in [5.41, 5.74) is 10.3. The van der Waals surface area contributed by atoms with Crippen molar-refractivity contribution in [2.75, 3.05) is 13.2 Å². The summed E-state index contributed by atoms with van der Waals surface area (Å²) in [6, 6.07) is 0. The van der Waals surface area contributed by atoms with Gasteiger partial charge in [-0.05, 0) is 0 Å². The van der Waals surface area contributed by atoms with Crippen molar-refractivity contribution in [3.63, 3.8) is 0 Å². The van der Waals surface area contributed by atoms with Crippen molar-refractivity contribution < 1.29 is 48.8 Å². The average Bonchev–Trinajstić information content (AvgIpc) is 2.88. The first-order valence-corrected chi connectivity index (χ1v) is 4.75. The molecule has 0 amide bonds. The number of carbonyl (C=O) groups is 2. The van der Waals surface area contributed by atoms with Gasteiger partial charge in [-0.3, -0.25) is 0 Å². The fraction of sp³-hybridized carbons (Fsp3) is 0.500. The largest absolute Gasteiger partial charge is 2.00 e. The van der Waals surface area contributed by atoms with E-state index in [1.54, 1.807) is 0 Å². The predicted molar refractivity (Wildman–Crippen MR) is 52.7 cm³/mol. The minimum absolute atomic E-state index is 0. The Labute approximate surface area is 120 Å². The number of carboxylic acids is 2. The minimum atomic E-state index is -1.41. The van der Waals surface area contributed by atoms with Gasteiger partial charge in [-0.1, -0.05) is 0 Å². The minimum Gasteiger partial charge on any atom is -0.540 e. The van der Waals surface area contributed by atoms with E-state index in [0.29, 0.717) is 0 Å². The fourth-order valence-corrected chi connectivity index (χ4v) is 1.00. The summed E-state index contributed by atoms with van der Waals surface area (Å²) >= 11 is 0. The number of hydrogen-bond donors (Lipinski definition) is 2. The van der Waals surface area contributed by atoms with Crippen LogP contribution < -0.4 is 21.7 Å². The molecule has 0 aromatic carbocycles. The molecule has 0 aromatic rings. The molecule has 11 heteroatoms. The smallest absolute Gasteiger partial charge is 0.540 e. The molecule has 2 unspecified atom stereocenters. The predicted octanol–water partition coefficient (Wildman–Crippen LogP) is -5.10. The second-order valence-electron chi connectivity index (χ2n) is 3.20. The van der Waals surface area contributed by atoms with Crippen LogP contribution in [0.2, 0.25) is 0 Å². The summed E-state index contributed by atoms with van der Waals surface area (Å²) in [7, 11) is 0. The van der Waals surface area contributed by atoms with E-state index >= 15 is 0 Å². The molecule has 0 aromatic heterocycles. The SMILES string of the molecule is NC1COC(C(=O)[O-])=N1.NC1COC(C(=O)[O-])=N1.[Zn+2]. The van der Waals surface area contributed by atoms with E-state index in [2.05, 4.69) is 19.5 Å². The molecule has 2 aliphatic rings. The Morgan fingerprint density at radius 1 is 1.00 bits per heavy atom. The van der Waals surface area contributed by atoms with Crippen molar-refractivity contribution in [2.24, 2.45) is 21.5 Å². The van der Waals surface area contributed by atoms with Gasteiger partial charge in [-0.15, -0.1) is 0 Å². The number of hydrogen-bond acceptors (Lipinski definition) is 10. The molecule has 10 nitrogen and oxygen atoms in total. The first kappa shape index (κ1) is 17.4. The molecule has 2 atom stereocenters. The molecule has 0 bridgehead atoms. The quantitative estimate of drug-likeness (QED) is 0.474. The molecule has 100 valence electrons. The van der Waals surface area contributed by atoms with E-state index in [1.165, 1.54) is 0 Å². The number of carboxylic acid groups (broad SMARTS) is 2. The summed E-state index contributed by atoms with van der Waals surface area (Å²) in [5.74, 6) is -3.63. The Hall–Kier alpha value is -1.58. The Morgan fingerprint density at radius 3 is 1.42 bits per heavy atom. The molecule has 0 aliphatic carbocycles. The zero-order valence-corrected chi connectivity index (χ0v) is 12.7. The van der Waals surface area contributed by atoms with Crippen LogP contribution in [0.5, 0.6) is 0 Å². The number of ether oxygens (including phenoxy) is 2. The summed E-state index contributed by atoms with van der Waals surface area (Å²) in [4.78, 5) is 26.6. The molecule has 0 fully saturated rings. The summed E-state index contributed by atoms with van der Waals surface area (Å²) in [6.45, 7) is 0.257. The van der Waals surface area contributed by atoms with Crippen molar-refractivity contribution in [2.45, 2.75) is 12.3 Å². The molecule has 2 rings (SSSR count). The van der Waals surface area contributed by atoms with Crippen LogP contribution in [-0.4, -0.2) is 49.3 Å². The van der Waals surface area contributed by atoms with Crippen LogP contribution in [0.15, 0.2) is 9.98 Å².